The van der Waals surface area contributed by atoms with Gasteiger partial charge in [0.05, 0.1) is 0 Å². The standard InChI is InChI=1S/C16H14Cl2O/c1-2-11-5-3-4-6-14(11)16(19)9-12-7-8-13(17)10-15(12)18/h3-8,10H,2,9H2,1H3. The minimum Gasteiger partial charge on any atom is -0.294 e. The highest BCUT2D eigenvalue weighted by molar-refractivity contribution is 6.35. The van der Waals surface area contributed by atoms with E-state index in [4.69, 9.17) is 23.2 Å². The summed E-state index contributed by atoms with van der Waals surface area (Å²) in [4.78, 5) is 12.3. The fourth-order valence-corrected chi connectivity index (χ4v) is 2.51. The van der Waals surface area contributed by atoms with E-state index in [9.17, 15) is 4.79 Å². The molecule has 0 fully saturated rings. The zero-order valence-electron chi connectivity index (χ0n) is 10.6. The molecule has 0 bridgehead atoms. The average Bonchev–Trinajstić information content (AvgIpc) is 2.41. The fraction of sp³-hybridized carbons (Fsp3) is 0.188. The van der Waals surface area contributed by atoms with Crippen LogP contribution >= 0.6 is 23.2 Å². The number of aryl methyl sites for hydroxylation is 1. The number of carbonyl (C=O) groups excluding carboxylic acids is 1. The lowest BCUT2D eigenvalue weighted by atomic mass is 9.97. The van der Waals surface area contributed by atoms with Gasteiger partial charge in [0.2, 0.25) is 0 Å². The van der Waals surface area contributed by atoms with Gasteiger partial charge < -0.3 is 0 Å². The van der Waals surface area contributed by atoms with Gasteiger partial charge in [-0.15, -0.1) is 0 Å². The van der Waals surface area contributed by atoms with Crippen LogP contribution < -0.4 is 0 Å². The van der Waals surface area contributed by atoms with E-state index in [0.717, 1.165) is 23.1 Å². The third-order valence-electron chi connectivity index (χ3n) is 3.06. The molecule has 19 heavy (non-hydrogen) atoms. The van der Waals surface area contributed by atoms with Gasteiger partial charge >= 0.3 is 0 Å². The molecule has 2 aromatic rings. The van der Waals surface area contributed by atoms with Gasteiger partial charge in [-0.05, 0) is 29.7 Å². The molecule has 0 unspecified atom stereocenters. The number of carbonyl (C=O) groups is 1. The highest BCUT2D eigenvalue weighted by Crippen LogP contribution is 2.23. The van der Waals surface area contributed by atoms with Crippen LogP contribution in [0.5, 0.6) is 0 Å². The molecule has 0 aliphatic heterocycles. The van der Waals surface area contributed by atoms with Crippen molar-refractivity contribution in [2.75, 3.05) is 0 Å². The molecule has 2 aromatic carbocycles. The molecule has 0 atom stereocenters. The van der Waals surface area contributed by atoms with Crippen molar-refractivity contribution < 1.29 is 4.79 Å². The summed E-state index contributed by atoms with van der Waals surface area (Å²) in [6.07, 6.45) is 1.14. The number of Topliss-reactive ketones (excluding diaryl/α,β-unsaturated/α-hetero) is 1. The highest BCUT2D eigenvalue weighted by Gasteiger charge is 2.12. The van der Waals surface area contributed by atoms with E-state index in [2.05, 4.69) is 0 Å². The third-order valence-corrected chi connectivity index (χ3v) is 3.65. The first-order valence-electron chi connectivity index (χ1n) is 6.17. The van der Waals surface area contributed by atoms with Crippen molar-refractivity contribution in [1.29, 1.82) is 0 Å². The lowest BCUT2D eigenvalue weighted by Gasteiger charge is -2.08. The first-order valence-corrected chi connectivity index (χ1v) is 6.92. The Morgan fingerprint density at radius 2 is 1.79 bits per heavy atom. The van der Waals surface area contributed by atoms with Crippen molar-refractivity contribution in [2.24, 2.45) is 0 Å². The Hall–Kier alpha value is -1.31. The Morgan fingerprint density at radius 1 is 1.05 bits per heavy atom. The number of ketones is 1. The molecule has 1 nitrogen and oxygen atoms in total. The Morgan fingerprint density at radius 3 is 2.47 bits per heavy atom. The average molecular weight is 293 g/mol. The zero-order chi connectivity index (χ0) is 13.8. The van der Waals surface area contributed by atoms with Crippen molar-refractivity contribution in [3.63, 3.8) is 0 Å². The number of hydrogen-bond acceptors (Lipinski definition) is 1. The van der Waals surface area contributed by atoms with Crippen molar-refractivity contribution in [2.45, 2.75) is 19.8 Å². The molecule has 0 aliphatic rings. The maximum Gasteiger partial charge on any atom is 0.167 e. The molecule has 3 heteroatoms. The lowest BCUT2D eigenvalue weighted by Crippen LogP contribution is -2.07. The van der Waals surface area contributed by atoms with Gasteiger partial charge in [0.25, 0.3) is 0 Å². The second-order valence-electron chi connectivity index (χ2n) is 4.35. The Kier molecular flexibility index (Phi) is 4.62. The summed E-state index contributed by atoms with van der Waals surface area (Å²) in [5.74, 6) is 0.0849. The largest absolute Gasteiger partial charge is 0.294 e. The van der Waals surface area contributed by atoms with Crippen LogP contribution in [0.15, 0.2) is 42.5 Å². The molecule has 0 amide bonds. The van der Waals surface area contributed by atoms with Crippen LogP contribution in [0.2, 0.25) is 10.0 Å². The number of hydrogen-bond donors (Lipinski definition) is 0. The monoisotopic (exact) mass is 292 g/mol. The summed E-state index contributed by atoms with van der Waals surface area (Å²) < 4.78 is 0. The van der Waals surface area contributed by atoms with Crippen molar-refractivity contribution in [3.05, 3.63) is 69.2 Å². The minimum absolute atomic E-state index is 0.0849. The second-order valence-corrected chi connectivity index (χ2v) is 5.19. The van der Waals surface area contributed by atoms with Gasteiger partial charge in [0.1, 0.15) is 0 Å². The van der Waals surface area contributed by atoms with Crippen molar-refractivity contribution >= 4 is 29.0 Å². The van der Waals surface area contributed by atoms with E-state index in [1.54, 1.807) is 18.2 Å². The van der Waals surface area contributed by atoms with Gasteiger partial charge in [-0.2, -0.15) is 0 Å². The summed E-state index contributed by atoms with van der Waals surface area (Å²) >= 11 is 11.9. The van der Waals surface area contributed by atoms with Crippen LogP contribution in [-0.2, 0) is 12.8 Å². The van der Waals surface area contributed by atoms with E-state index in [0.29, 0.717) is 16.5 Å². The molecule has 0 spiro atoms. The van der Waals surface area contributed by atoms with Crippen LogP contribution in [0.1, 0.15) is 28.4 Å². The van der Waals surface area contributed by atoms with E-state index in [1.165, 1.54) is 0 Å². The summed E-state index contributed by atoms with van der Waals surface area (Å²) in [6.45, 7) is 2.04. The summed E-state index contributed by atoms with van der Waals surface area (Å²) in [7, 11) is 0. The topological polar surface area (TPSA) is 17.1 Å². The summed E-state index contributed by atoms with van der Waals surface area (Å²) in [5, 5.41) is 1.12. The van der Waals surface area contributed by atoms with Gasteiger partial charge in [0, 0.05) is 22.0 Å². The van der Waals surface area contributed by atoms with Crippen LogP contribution in [0.25, 0.3) is 0 Å². The number of rotatable bonds is 4. The van der Waals surface area contributed by atoms with Gasteiger partial charge in [-0.25, -0.2) is 0 Å². The maximum absolute atomic E-state index is 12.3. The Balaban J connectivity index is 2.26. The SMILES string of the molecule is CCc1ccccc1C(=O)Cc1ccc(Cl)cc1Cl. The molecular weight excluding hydrogens is 279 g/mol. The zero-order valence-corrected chi connectivity index (χ0v) is 12.1. The van der Waals surface area contributed by atoms with E-state index < -0.39 is 0 Å². The van der Waals surface area contributed by atoms with Gasteiger partial charge in [-0.3, -0.25) is 4.79 Å². The Labute approximate surface area is 123 Å². The molecular formula is C16H14Cl2O. The van der Waals surface area contributed by atoms with Crippen LogP contribution in [0, 0.1) is 0 Å². The lowest BCUT2D eigenvalue weighted by molar-refractivity contribution is 0.0992. The smallest absolute Gasteiger partial charge is 0.167 e. The van der Waals surface area contributed by atoms with Gasteiger partial charge in [-0.1, -0.05) is 60.5 Å². The molecule has 0 N–H and O–H groups in total. The van der Waals surface area contributed by atoms with Crippen LogP contribution in [0.3, 0.4) is 0 Å². The second kappa shape index (κ2) is 6.23. The van der Waals surface area contributed by atoms with E-state index >= 15 is 0 Å². The number of halogens is 2. The summed E-state index contributed by atoms with van der Waals surface area (Å²) in [6, 6.07) is 12.9. The normalized spacial score (nSPS) is 10.5. The molecule has 0 heterocycles. The van der Waals surface area contributed by atoms with Crippen molar-refractivity contribution in [1.82, 2.24) is 0 Å². The van der Waals surface area contributed by atoms with Crippen LogP contribution in [-0.4, -0.2) is 5.78 Å². The van der Waals surface area contributed by atoms with E-state index in [1.807, 2.05) is 31.2 Å². The fourth-order valence-electron chi connectivity index (χ4n) is 2.03. The first kappa shape index (κ1) is 14.1. The molecule has 0 saturated carbocycles. The Bertz CT molecular complexity index is 605. The third kappa shape index (κ3) is 3.37. The van der Waals surface area contributed by atoms with E-state index in [-0.39, 0.29) is 5.78 Å². The molecule has 98 valence electrons. The van der Waals surface area contributed by atoms with Gasteiger partial charge in [0.15, 0.2) is 5.78 Å². The van der Waals surface area contributed by atoms with Crippen LogP contribution in [0.4, 0.5) is 0 Å². The predicted molar refractivity (Wildman–Crippen MR) is 80.3 cm³/mol. The molecule has 0 aromatic heterocycles. The molecule has 0 radical (unpaired) electrons. The van der Waals surface area contributed by atoms with Crippen molar-refractivity contribution in [3.8, 4) is 0 Å². The number of benzene rings is 2. The first-order chi connectivity index (χ1) is 9.11. The summed E-state index contributed by atoms with van der Waals surface area (Å²) in [5.41, 5.74) is 2.65. The molecule has 2 rings (SSSR count). The highest BCUT2D eigenvalue weighted by atomic mass is 35.5. The quantitative estimate of drug-likeness (QED) is 0.726. The molecule has 0 saturated heterocycles. The molecule has 0 aliphatic carbocycles. The predicted octanol–water partition coefficient (Wildman–Crippen LogP) is 4.98. The minimum atomic E-state index is 0.0849. The maximum atomic E-state index is 12.3.